The highest BCUT2D eigenvalue weighted by Crippen LogP contribution is 2.32. The van der Waals surface area contributed by atoms with Crippen LogP contribution in [0.2, 0.25) is 5.02 Å². The third kappa shape index (κ3) is 8.89. The molecule has 0 spiro atoms. The SMILES string of the molecule is CCCCNC(=O)[C@@H](Cc1ccccc1)N(Cc1ccccc1)C(=O)CN(c1ccc(OC)c(Cl)c1)S(=O)(=O)c1ccc(C)cc1. The van der Waals surface area contributed by atoms with Gasteiger partial charge in [0.15, 0.2) is 0 Å². The second kappa shape index (κ2) is 16.3. The summed E-state index contributed by atoms with van der Waals surface area (Å²) in [5, 5.41) is 3.19. The van der Waals surface area contributed by atoms with Gasteiger partial charge in [0.2, 0.25) is 11.8 Å². The first kappa shape index (κ1) is 34.5. The monoisotopic (exact) mass is 661 g/mol. The minimum Gasteiger partial charge on any atom is -0.495 e. The van der Waals surface area contributed by atoms with E-state index in [2.05, 4.69) is 5.32 Å². The predicted molar refractivity (Wildman–Crippen MR) is 183 cm³/mol. The van der Waals surface area contributed by atoms with Gasteiger partial charge in [0.25, 0.3) is 10.0 Å². The smallest absolute Gasteiger partial charge is 0.264 e. The number of hydrogen-bond acceptors (Lipinski definition) is 5. The van der Waals surface area contributed by atoms with Crippen molar-refractivity contribution in [1.82, 2.24) is 10.2 Å². The zero-order valence-corrected chi connectivity index (χ0v) is 27.9. The van der Waals surface area contributed by atoms with E-state index in [1.807, 2.05) is 74.5 Å². The Balaban J connectivity index is 1.80. The maximum Gasteiger partial charge on any atom is 0.264 e. The third-order valence-corrected chi connectivity index (χ3v) is 9.69. The number of carbonyl (C=O) groups excluding carboxylic acids is 2. The van der Waals surface area contributed by atoms with Gasteiger partial charge in [-0.15, -0.1) is 0 Å². The summed E-state index contributed by atoms with van der Waals surface area (Å²) in [7, 11) is -2.78. The number of nitrogens with one attached hydrogen (secondary N) is 1. The average molecular weight is 662 g/mol. The first-order chi connectivity index (χ1) is 22.1. The Labute approximate surface area is 277 Å². The standard InChI is InChI=1S/C36H40ClN3O5S/c1-4-5-22-38-36(42)33(23-28-12-8-6-9-13-28)39(25-29-14-10-7-11-15-29)35(41)26-40(30-18-21-34(45-3)32(37)24-30)46(43,44)31-19-16-27(2)17-20-31/h6-21,24,33H,4-5,22-23,25-26H2,1-3H3,(H,38,42)/t33-/m1/s1. The van der Waals surface area contributed by atoms with E-state index in [0.717, 1.165) is 33.8 Å². The summed E-state index contributed by atoms with van der Waals surface area (Å²) >= 11 is 6.44. The fourth-order valence-corrected chi connectivity index (χ4v) is 6.67. The summed E-state index contributed by atoms with van der Waals surface area (Å²) in [6.45, 7) is 3.89. The highest BCUT2D eigenvalue weighted by Gasteiger charge is 2.34. The molecule has 0 aliphatic carbocycles. The minimum absolute atomic E-state index is 0.0191. The number of benzene rings is 4. The van der Waals surface area contributed by atoms with Crippen LogP contribution in [0.1, 0.15) is 36.5 Å². The molecule has 1 N–H and O–H groups in total. The van der Waals surface area contributed by atoms with Crippen LogP contribution in [-0.2, 0) is 32.6 Å². The summed E-state index contributed by atoms with van der Waals surface area (Å²) in [6, 6.07) is 28.9. The van der Waals surface area contributed by atoms with E-state index in [0.29, 0.717) is 12.3 Å². The maximum atomic E-state index is 14.5. The molecule has 0 bridgehead atoms. The van der Waals surface area contributed by atoms with Crippen molar-refractivity contribution in [3.63, 3.8) is 0 Å². The number of amides is 2. The van der Waals surface area contributed by atoms with Gasteiger partial charge in [-0.2, -0.15) is 0 Å². The van der Waals surface area contributed by atoms with Crippen LogP contribution in [0.4, 0.5) is 5.69 Å². The fourth-order valence-electron chi connectivity index (χ4n) is 5.02. The lowest BCUT2D eigenvalue weighted by atomic mass is 10.0. The van der Waals surface area contributed by atoms with Gasteiger partial charge in [-0.25, -0.2) is 8.42 Å². The Bertz CT molecular complexity index is 1700. The van der Waals surface area contributed by atoms with E-state index >= 15 is 0 Å². The van der Waals surface area contributed by atoms with Crippen LogP contribution >= 0.6 is 11.6 Å². The number of halogens is 1. The number of nitrogens with zero attached hydrogens (tertiary/aromatic N) is 2. The molecule has 46 heavy (non-hydrogen) atoms. The number of unbranched alkanes of at least 4 members (excludes halogenated alkanes) is 1. The van der Waals surface area contributed by atoms with Crippen molar-refractivity contribution in [3.05, 3.63) is 125 Å². The molecule has 4 aromatic rings. The Hall–Kier alpha value is -4.34. The fraction of sp³-hybridized carbons (Fsp3) is 0.278. The van der Waals surface area contributed by atoms with E-state index in [1.165, 1.54) is 30.2 Å². The summed E-state index contributed by atoms with van der Waals surface area (Å²) in [6.07, 6.45) is 1.93. The molecule has 0 fully saturated rings. The highest BCUT2D eigenvalue weighted by atomic mass is 35.5. The molecule has 0 aliphatic heterocycles. The van der Waals surface area contributed by atoms with Crippen LogP contribution in [0.25, 0.3) is 0 Å². The van der Waals surface area contributed by atoms with Gasteiger partial charge in [-0.3, -0.25) is 13.9 Å². The molecule has 0 saturated heterocycles. The van der Waals surface area contributed by atoms with Crippen LogP contribution in [-0.4, -0.2) is 51.4 Å². The van der Waals surface area contributed by atoms with E-state index in [1.54, 1.807) is 24.3 Å². The Morgan fingerprint density at radius 3 is 2.11 bits per heavy atom. The van der Waals surface area contributed by atoms with Crippen LogP contribution in [0, 0.1) is 6.92 Å². The van der Waals surface area contributed by atoms with E-state index < -0.39 is 28.5 Å². The lowest BCUT2D eigenvalue weighted by molar-refractivity contribution is -0.140. The number of rotatable bonds is 15. The van der Waals surface area contributed by atoms with E-state index in [9.17, 15) is 18.0 Å². The quantitative estimate of drug-likeness (QED) is 0.149. The molecule has 0 saturated carbocycles. The highest BCUT2D eigenvalue weighted by molar-refractivity contribution is 7.92. The molecule has 0 heterocycles. The maximum absolute atomic E-state index is 14.5. The Morgan fingerprint density at radius 1 is 0.891 bits per heavy atom. The second-order valence-corrected chi connectivity index (χ2v) is 13.3. The summed E-state index contributed by atoms with van der Waals surface area (Å²) in [5.41, 5.74) is 2.75. The van der Waals surface area contributed by atoms with Crippen LogP contribution < -0.4 is 14.4 Å². The van der Waals surface area contributed by atoms with Crippen molar-refractivity contribution in [2.45, 2.75) is 50.6 Å². The molecule has 0 radical (unpaired) electrons. The molecule has 2 amide bonds. The Kier molecular flexibility index (Phi) is 12.2. The van der Waals surface area contributed by atoms with Crippen molar-refractivity contribution in [3.8, 4) is 5.75 Å². The minimum atomic E-state index is -4.25. The molecule has 0 aliphatic rings. The first-order valence-corrected chi connectivity index (χ1v) is 17.0. The first-order valence-electron chi connectivity index (χ1n) is 15.2. The van der Waals surface area contributed by atoms with Gasteiger partial charge in [-0.1, -0.05) is 103 Å². The molecule has 0 unspecified atom stereocenters. The van der Waals surface area contributed by atoms with Crippen molar-refractivity contribution < 1.29 is 22.7 Å². The summed E-state index contributed by atoms with van der Waals surface area (Å²) in [4.78, 5) is 29.8. The van der Waals surface area contributed by atoms with Crippen molar-refractivity contribution in [2.24, 2.45) is 0 Å². The van der Waals surface area contributed by atoms with Gasteiger partial charge in [0, 0.05) is 19.5 Å². The van der Waals surface area contributed by atoms with Crippen LogP contribution in [0.5, 0.6) is 5.75 Å². The number of hydrogen-bond donors (Lipinski definition) is 1. The van der Waals surface area contributed by atoms with Gasteiger partial charge >= 0.3 is 0 Å². The number of anilines is 1. The number of carbonyl (C=O) groups is 2. The lowest BCUT2D eigenvalue weighted by Crippen LogP contribution is -2.53. The topological polar surface area (TPSA) is 96.0 Å². The van der Waals surface area contributed by atoms with Crippen LogP contribution in [0.15, 0.2) is 108 Å². The molecule has 8 nitrogen and oxygen atoms in total. The molecule has 4 rings (SSSR count). The zero-order valence-electron chi connectivity index (χ0n) is 26.4. The number of sulfonamides is 1. The molecule has 1 atom stereocenters. The van der Waals surface area contributed by atoms with Crippen molar-refractivity contribution >= 4 is 39.1 Å². The van der Waals surface area contributed by atoms with Crippen molar-refractivity contribution in [1.29, 1.82) is 0 Å². The van der Waals surface area contributed by atoms with Crippen molar-refractivity contribution in [2.75, 3.05) is 24.5 Å². The van der Waals surface area contributed by atoms with Crippen LogP contribution in [0.3, 0.4) is 0 Å². The van der Waals surface area contributed by atoms with Gasteiger partial charge in [0.05, 0.1) is 22.7 Å². The molecule has 10 heteroatoms. The second-order valence-electron chi connectivity index (χ2n) is 11.0. The van der Waals surface area contributed by atoms with Gasteiger partial charge < -0.3 is 15.0 Å². The molecular formula is C36H40ClN3O5S. The van der Waals surface area contributed by atoms with E-state index in [4.69, 9.17) is 16.3 Å². The number of ether oxygens (including phenoxy) is 1. The molecule has 242 valence electrons. The molecule has 4 aromatic carbocycles. The molecule has 0 aromatic heterocycles. The Morgan fingerprint density at radius 2 is 1.52 bits per heavy atom. The van der Waals surface area contributed by atoms with Gasteiger partial charge in [-0.05, 0) is 54.8 Å². The summed E-state index contributed by atoms with van der Waals surface area (Å²) < 4.78 is 34.7. The predicted octanol–water partition coefficient (Wildman–Crippen LogP) is 6.41. The van der Waals surface area contributed by atoms with E-state index in [-0.39, 0.29) is 34.5 Å². The number of aryl methyl sites for hydroxylation is 1. The largest absolute Gasteiger partial charge is 0.495 e. The normalized spacial score (nSPS) is 11.8. The summed E-state index contributed by atoms with van der Waals surface area (Å²) in [5.74, 6) is -0.484. The average Bonchev–Trinajstić information content (AvgIpc) is 3.06. The zero-order chi connectivity index (χ0) is 33.1. The lowest BCUT2D eigenvalue weighted by Gasteiger charge is -2.34. The molecular weight excluding hydrogens is 622 g/mol. The van der Waals surface area contributed by atoms with Gasteiger partial charge in [0.1, 0.15) is 18.3 Å². The third-order valence-electron chi connectivity index (χ3n) is 7.61. The number of methoxy groups -OCH3 is 1.